The molecule has 1 aromatic rings. The minimum atomic E-state index is 0.905. The SMILES string of the molecule is CCCC1CCN(Cc2cc(CNCC)c(C)o2)C1. The van der Waals surface area contributed by atoms with E-state index < -0.39 is 0 Å². The zero-order chi connectivity index (χ0) is 13.7. The molecule has 0 spiro atoms. The fourth-order valence-corrected chi connectivity index (χ4v) is 3.02. The molecule has 3 nitrogen and oxygen atoms in total. The largest absolute Gasteiger partial charge is 0.465 e. The van der Waals surface area contributed by atoms with Crippen molar-refractivity contribution in [3.8, 4) is 0 Å². The van der Waals surface area contributed by atoms with Crippen LogP contribution in [0.3, 0.4) is 0 Å². The maximum atomic E-state index is 5.89. The van der Waals surface area contributed by atoms with Gasteiger partial charge in [-0.3, -0.25) is 4.90 Å². The quantitative estimate of drug-likeness (QED) is 0.819. The summed E-state index contributed by atoms with van der Waals surface area (Å²) < 4.78 is 5.89. The summed E-state index contributed by atoms with van der Waals surface area (Å²) >= 11 is 0. The molecule has 1 N–H and O–H groups in total. The van der Waals surface area contributed by atoms with Gasteiger partial charge in [0.2, 0.25) is 0 Å². The van der Waals surface area contributed by atoms with Crippen LogP contribution < -0.4 is 5.32 Å². The summed E-state index contributed by atoms with van der Waals surface area (Å²) in [4.78, 5) is 2.54. The van der Waals surface area contributed by atoms with Crippen LogP contribution in [0, 0.1) is 12.8 Å². The van der Waals surface area contributed by atoms with E-state index in [1.54, 1.807) is 0 Å². The molecule has 108 valence electrons. The van der Waals surface area contributed by atoms with Crippen molar-refractivity contribution in [3.05, 3.63) is 23.2 Å². The molecule has 0 saturated carbocycles. The minimum Gasteiger partial charge on any atom is -0.465 e. The molecule has 19 heavy (non-hydrogen) atoms. The van der Waals surface area contributed by atoms with Crippen molar-refractivity contribution in [1.82, 2.24) is 10.2 Å². The lowest BCUT2D eigenvalue weighted by Crippen LogP contribution is -2.19. The van der Waals surface area contributed by atoms with Crippen LogP contribution in [0.2, 0.25) is 0 Å². The van der Waals surface area contributed by atoms with Crippen LogP contribution in [0.25, 0.3) is 0 Å². The molecule has 0 radical (unpaired) electrons. The van der Waals surface area contributed by atoms with Gasteiger partial charge < -0.3 is 9.73 Å². The van der Waals surface area contributed by atoms with Crippen LogP contribution in [0.4, 0.5) is 0 Å². The lowest BCUT2D eigenvalue weighted by Gasteiger charge is -2.13. The predicted molar refractivity (Wildman–Crippen MR) is 79.1 cm³/mol. The fraction of sp³-hybridized carbons (Fsp3) is 0.750. The Kier molecular flexibility index (Phi) is 5.46. The summed E-state index contributed by atoms with van der Waals surface area (Å²) in [6.07, 6.45) is 4.04. The third-order valence-electron chi connectivity index (χ3n) is 4.08. The molecule has 1 aliphatic heterocycles. The summed E-state index contributed by atoms with van der Waals surface area (Å²) in [5.74, 6) is 3.10. The molecule has 0 bridgehead atoms. The number of aryl methyl sites for hydroxylation is 1. The molecule has 1 aliphatic rings. The third-order valence-corrected chi connectivity index (χ3v) is 4.08. The van der Waals surface area contributed by atoms with Crippen molar-refractivity contribution in [3.63, 3.8) is 0 Å². The zero-order valence-corrected chi connectivity index (χ0v) is 12.7. The summed E-state index contributed by atoms with van der Waals surface area (Å²) in [5.41, 5.74) is 1.31. The van der Waals surface area contributed by atoms with Gasteiger partial charge in [-0.1, -0.05) is 20.3 Å². The van der Waals surface area contributed by atoms with E-state index in [1.807, 2.05) is 0 Å². The molecular formula is C16H28N2O. The minimum absolute atomic E-state index is 0.905. The lowest BCUT2D eigenvalue weighted by atomic mass is 10.0. The number of nitrogens with one attached hydrogen (secondary N) is 1. The smallest absolute Gasteiger partial charge is 0.118 e. The number of hydrogen-bond donors (Lipinski definition) is 1. The second-order valence-electron chi connectivity index (χ2n) is 5.75. The predicted octanol–water partition coefficient (Wildman–Crippen LogP) is 3.32. The Balaban J connectivity index is 1.86. The maximum Gasteiger partial charge on any atom is 0.118 e. The van der Waals surface area contributed by atoms with E-state index in [2.05, 4.69) is 37.1 Å². The van der Waals surface area contributed by atoms with Crippen LogP contribution in [0.5, 0.6) is 0 Å². The van der Waals surface area contributed by atoms with Gasteiger partial charge in [0, 0.05) is 18.7 Å². The molecule has 1 saturated heterocycles. The number of rotatable bonds is 7. The number of likely N-dealkylation sites (tertiary alicyclic amines) is 1. The Morgan fingerprint density at radius 3 is 3.00 bits per heavy atom. The standard InChI is InChI=1S/C16H28N2O/c1-4-6-14-7-8-18(11-14)12-16-9-15(10-17-5-2)13(3)19-16/h9,14,17H,4-8,10-12H2,1-3H3. The molecule has 0 aromatic carbocycles. The summed E-state index contributed by atoms with van der Waals surface area (Å²) in [6.45, 7) is 11.9. The second kappa shape index (κ2) is 7.11. The van der Waals surface area contributed by atoms with Crippen LogP contribution in [-0.2, 0) is 13.1 Å². The van der Waals surface area contributed by atoms with Crippen LogP contribution >= 0.6 is 0 Å². The summed E-state index contributed by atoms with van der Waals surface area (Å²) in [7, 11) is 0. The summed E-state index contributed by atoms with van der Waals surface area (Å²) in [6, 6.07) is 2.23. The van der Waals surface area contributed by atoms with Gasteiger partial charge >= 0.3 is 0 Å². The first-order valence-electron chi connectivity index (χ1n) is 7.74. The second-order valence-corrected chi connectivity index (χ2v) is 5.75. The van der Waals surface area contributed by atoms with Crippen molar-refractivity contribution >= 4 is 0 Å². The van der Waals surface area contributed by atoms with Crippen LogP contribution in [0.15, 0.2) is 10.5 Å². The molecule has 1 fully saturated rings. The van der Waals surface area contributed by atoms with E-state index in [0.717, 1.165) is 37.1 Å². The van der Waals surface area contributed by atoms with E-state index >= 15 is 0 Å². The molecule has 1 unspecified atom stereocenters. The molecule has 0 aliphatic carbocycles. The van der Waals surface area contributed by atoms with Gasteiger partial charge in [-0.2, -0.15) is 0 Å². The van der Waals surface area contributed by atoms with E-state index in [1.165, 1.54) is 37.9 Å². The maximum absolute atomic E-state index is 5.89. The van der Waals surface area contributed by atoms with Gasteiger partial charge in [-0.15, -0.1) is 0 Å². The van der Waals surface area contributed by atoms with Gasteiger partial charge in [-0.25, -0.2) is 0 Å². The van der Waals surface area contributed by atoms with E-state index in [4.69, 9.17) is 4.42 Å². The van der Waals surface area contributed by atoms with E-state index in [9.17, 15) is 0 Å². The average Bonchev–Trinajstić information content (AvgIpc) is 2.95. The van der Waals surface area contributed by atoms with Crippen molar-refractivity contribution in [1.29, 1.82) is 0 Å². The van der Waals surface area contributed by atoms with Gasteiger partial charge in [0.05, 0.1) is 6.54 Å². The monoisotopic (exact) mass is 264 g/mol. The zero-order valence-electron chi connectivity index (χ0n) is 12.7. The first kappa shape index (κ1) is 14.6. The average molecular weight is 264 g/mol. The number of nitrogens with zero attached hydrogens (tertiary/aromatic N) is 1. The molecule has 0 amide bonds. The van der Waals surface area contributed by atoms with Gasteiger partial charge in [0.1, 0.15) is 11.5 Å². The van der Waals surface area contributed by atoms with Crippen molar-refractivity contribution in [2.24, 2.45) is 5.92 Å². The highest BCUT2D eigenvalue weighted by Crippen LogP contribution is 2.24. The fourth-order valence-electron chi connectivity index (χ4n) is 3.02. The molecular weight excluding hydrogens is 236 g/mol. The first-order chi connectivity index (χ1) is 9.22. The van der Waals surface area contributed by atoms with Gasteiger partial charge in [0.25, 0.3) is 0 Å². The Labute approximate surface area is 117 Å². The molecule has 1 aromatic heterocycles. The number of furan rings is 1. The summed E-state index contributed by atoms with van der Waals surface area (Å²) in [5, 5.41) is 3.36. The highest BCUT2D eigenvalue weighted by Gasteiger charge is 2.22. The highest BCUT2D eigenvalue weighted by molar-refractivity contribution is 5.20. The van der Waals surface area contributed by atoms with Crippen molar-refractivity contribution < 1.29 is 4.42 Å². The van der Waals surface area contributed by atoms with E-state index in [-0.39, 0.29) is 0 Å². The van der Waals surface area contributed by atoms with Crippen molar-refractivity contribution in [2.45, 2.75) is 53.1 Å². The van der Waals surface area contributed by atoms with E-state index in [0.29, 0.717) is 0 Å². The first-order valence-corrected chi connectivity index (χ1v) is 7.74. The van der Waals surface area contributed by atoms with Gasteiger partial charge in [-0.05, 0) is 44.8 Å². The Morgan fingerprint density at radius 1 is 1.42 bits per heavy atom. The molecule has 2 rings (SSSR count). The number of hydrogen-bond acceptors (Lipinski definition) is 3. The molecule has 2 heterocycles. The normalized spacial score (nSPS) is 20.3. The molecule has 3 heteroatoms. The van der Waals surface area contributed by atoms with Gasteiger partial charge in [0.15, 0.2) is 0 Å². The Morgan fingerprint density at radius 2 is 2.26 bits per heavy atom. The Bertz CT molecular complexity index is 386. The molecule has 1 atom stereocenters. The van der Waals surface area contributed by atoms with Crippen LogP contribution in [-0.4, -0.2) is 24.5 Å². The topological polar surface area (TPSA) is 28.4 Å². The highest BCUT2D eigenvalue weighted by atomic mass is 16.3. The van der Waals surface area contributed by atoms with Crippen LogP contribution in [0.1, 0.15) is 50.2 Å². The lowest BCUT2D eigenvalue weighted by molar-refractivity contribution is 0.281. The Hall–Kier alpha value is -0.800. The third kappa shape index (κ3) is 4.08. The van der Waals surface area contributed by atoms with Crippen molar-refractivity contribution in [2.75, 3.05) is 19.6 Å².